The van der Waals surface area contributed by atoms with E-state index in [0.29, 0.717) is 6.04 Å². The van der Waals surface area contributed by atoms with Crippen molar-refractivity contribution >= 4 is 5.69 Å². The molecule has 0 radical (unpaired) electrons. The molecule has 1 unspecified atom stereocenters. The highest BCUT2D eigenvalue weighted by molar-refractivity contribution is 5.40. The Hall–Kier alpha value is -0.990. The van der Waals surface area contributed by atoms with Gasteiger partial charge in [-0.25, -0.2) is 0 Å². The van der Waals surface area contributed by atoms with Crippen LogP contribution in [0.25, 0.3) is 0 Å². The molecule has 0 bridgehead atoms. The van der Waals surface area contributed by atoms with Gasteiger partial charge >= 0.3 is 0 Å². The van der Waals surface area contributed by atoms with Gasteiger partial charge in [-0.05, 0) is 46.0 Å². The molecule has 1 saturated carbocycles. The Labute approximate surface area is 98.2 Å². The quantitative estimate of drug-likeness (QED) is 0.846. The Morgan fingerprint density at radius 3 is 2.62 bits per heavy atom. The van der Waals surface area contributed by atoms with Crippen LogP contribution in [-0.2, 0) is 5.54 Å². The van der Waals surface area contributed by atoms with Crippen molar-refractivity contribution in [1.29, 1.82) is 0 Å². The number of anilines is 1. The highest BCUT2D eigenvalue weighted by atomic mass is 15.3. The fraction of sp³-hybridized carbons (Fsp3) is 0.769. The number of aromatic nitrogens is 2. The summed E-state index contributed by atoms with van der Waals surface area (Å²) in [5, 5.41) is 8.01. The van der Waals surface area contributed by atoms with Crippen LogP contribution in [-0.4, -0.2) is 15.8 Å². The number of hydrogen-bond acceptors (Lipinski definition) is 2. The maximum Gasteiger partial charge on any atom is 0.0728 e. The monoisotopic (exact) mass is 221 g/mol. The van der Waals surface area contributed by atoms with Crippen LogP contribution >= 0.6 is 0 Å². The first-order chi connectivity index (χ1) is 7.50. The average molecular weight is 221 g/mol. The third kappa shape index (κ3) is 2.57. The van der Waals surface area contributed by atoms with Crippen LogP contribution in [0.1, 0.15) is 47.0 Å². The number of hydrogen-bond donors (Lipinski definition) is 1. The molecule has 1 heterocycles. The van der Waals surface area contributed by atoms with E-state index in [1.807, 2.05) is 10.9 Å². The molecule has 1 aromatic rings. The minimum absolute atomic E-state index is 0.0707. The fourth-order valence-electron chi connectivity index (χ4n) is 2.03. The Bertz CT molecular complexity index is 344. The summed E-state index contributed by atoms with van der Waals surface area (Å²) in [6.45, 7) is 8.76. The van der Waals surface area contributed by atoms with Crippen LogP contribution in [0.4, 0.5) is 5.69 Å². The summed E-state index contributed by atoms with van der Waals surface area (Å²) in [6, 6.07) is 0.637. The highest BCUT2D eigenvalue weighted by Gasteiger charge is 2.30. The maximum absolute atomic E-state index is 4.41. The van der Waals surface area contributed by atoms with Crippen LogP contribution in [0, 0.1) is 5.92 Å². The van der Waals surface area contributed by atoms with Crippen molar-refractivity contribution in [3.63, 3.8) is 0 Å². The van der Waals surface area contributed by atoms with Crippen molar-refractivity contribution < 1.29 is 0 Å². The minimum Gasteiger partial charge on any atom is -0.380 e. The van der Waals surface area contributed by atoms with Gasteiger partial charge in [0.05, 0.1) is 17.4 Å². The minimum atomic E-state index is 0.0707. The standard InChI is InChI=1S/C13H23N3/c1-5-12(10-6-7-10)15-11-8-14-16(9-11)13(2,3)4/h8-10,12,15H,5-7H2,1-4H3. The molecule has 1 aromatic heterocycles. The van der Waals surface area contributed by atoms with Crippen LogP contribution in [0.2, 0.25) is 0 Å². The lowest BCUT2D eigenvalue weighted by Gasteiger charge is -2.19. The predicted molar refractivity (Wildman–Crippen MR) is 67.6 cm³/mol. The molecule has 0 aliphatic heterocycles. The van der Waals surface area contributed by atoms with Gasteiger partial charge in [0.1, 0.15) is 0 Å². The van der Waals surface area contributed by atoms with Gasteiger partial charge in [-0.15, -0.1) is 0 Å². The topological polar surface area (TPSA) is 29.9 Å². The lowest BCUT2D eigenvalue weighted by Crippen LogP contribution is -2.22. The normalized spacial score (nSPS) is 18.5. The molecule has 1 N–H and O–H groups in total. The van der Waals surface area contributed by atoms with Gasteiger partial charge in [-0.3, -0.25) is 4.68 Å². The first kappa shape index (κ1) is 11.5. The maximum atomic E-state index is 4.41. The molecule has 3 heteroatoms. The van der Waals surface area contributed by atoms with Crippen LogP contribution < -0.4 is 5.32 Å². The van der Waals surface area contributed by atoms with Gasteiger partial charge in [0.15, 0.2) is 0 Å². The molecule has 2 rings (SSSR count). The van der Waals surface area contributed by atoms with E-state index < -0.39 is 0 Å². The van der Waals surface area contributed by atoms with E-state index in [1.54, 1.807) is 0 Å². The smallest absolute Gasteiger partial charge is 0.0728 e. The first-order valence-corrected chi connectivity index (χ1v) is 6.32. The summed E-state index contributed by atoms with van der Waals surface area (Å²) >= 11 is 0. The van der Waals surface area contributed by atoms with Gasteiger partial charge in [0.2, 0.25) is 0 Å². The van der Waals surface area contributed by atoms with Gasteiger partial charge in [-0.2, -0.15) is 5.10 Å². The molecule has 1 atom stereocenters. The second kappa shape index (κ2) is 4.11. The zero-order valence-corrected chi connectivity index (χ0v) is 10.8. The Morgan fingerprint density at radius 2 is 2.19 bits per heavy atom. The third-order valence-electron chi connectivity index (χ3n) is 3.25. The molecule has 90 valence electrons. The molecule has 1 aliphatic carbocycles. The Kier molecular flexibility index (Phi) is 2.96. The molecule has 0 spiro atoms. The zero-order chi connectivity index (χ0) is 11.8. The lowest BCUT2D eigenvalue weighted by atomic mass is 10.1. The molecule has 0 saturated heterocycles. The molecule has 3 nitrogen and oxygen atoms in total. The van der Waals surface area contributed by atoms with Crippen LogP contribution in [0.5, 0.6) is 0 Å². The van der Waals surface area contributed by atoms with Crippen molar-refractivity contribution in [3.05, 3.63) is 12.4 Å². The fourth-order valence-corrected chi connectivity index (χ4v) is 2.03. The Balaban J connectivity index is 2.01. The second-order valence-corrected chi connectivity index (χ2v) is 5.84. The predicted octanol–water partition coefficient (Wildman–Crippen LogP) is 3.24. The van der Waals surface area contributed by atoms with E-state index in [0.717, 1.165) is 11.6 Å². The number of nitrogens with zero attached hydrogens (tertiary/aromatic N) is 2. The van der Waals surface area contributed by atoms with Crippen molar-refractivity contribution in [2.75, 3.05) is 5.32 Å². The second-order valence-electron chi connectivity index (χ2n) is 5.84. The van der Waals surface area contributed by atoms with E-state index in [1.165, 1.54) is 19.3 Å². The summed E-state index contributed by atoms with van der Waals surface area (Å²) in [4.78, 5) is 0. The van der Waals surface area contributed by atoms with Crippen molar-refractivity contribution in [1.82, 2.24) is 9.78 Å². The van der Waals surface area contributed by atoms with E-state index in [-0.39, 0.29) is 5.54 Å². The van der Waals surface area contributed by atoms with E-state index in [4.69, 9.17) is 0 Å². The van der Waals surface area contributed by atoms with Crippen LogP contribution in [0.3, 0.4) is 0 Å². The van der Waals surface area contributed by atoms with Gasteiger partial charge in [-0.1, -0.05) is 6.92 Å². The SMILES string of the molecule is CCC(Nc1cnn(C(C)(C)C)c1)C1CC1. The van der Waals surface area contributed by atoms with Gasteiger partial charge < -0.3 is 5.32 Å². The molecule has 1 fully saturated rings. The highest BCUT2D eigenvalue weighted by Crippen LogP contribution is 2.35. The lowest BCUT2D eigenvalue weighted by molar-refractivity contribution is 0.355. The van der Waals surface area contributed by atoms with Crippen LogP contribution in [0.15, 0.2) is 12.4 Å². The molecular formula is C13H23N3. The number of nitrogens with one attached hydrogen (secondary N) is 1. The third-order valence-corrected chi connectivity index (χ3v) is 3.25. The molecule has 0 aromatic carbocycles. The van der Waals surface area contributed by atoms with E-state index in [2.05, 4.69) is 44.3 Å². The van der Waals surface area contributed by atoms with E-state index in [9.17, 15) is 0 Å². The van der Waals surface area contributed by atoms with Crippen molar-refractivity contribution in [2.45, 2.75) is 58.5 Å². The molecular weight excluding hydrogens is 198 g/mol. The summed E-state index contributed by atoms with van der Waals surface area (Å²) in [7, 11) is 0. The largest absolute Gasteiger partial charge is 0.380 e. The Morgan fingerprint density at radius 1 is 1.50 bits per heavy atom. The van der Waals surface area contributed by atoms with Crippen molar-refractivity contribution in [2.24, 2.45) is 5.92 Å². The molecule has 0 amide bonds. The molecule has 1 aliphatic rings. The van der Waals surface area contributed by atoms with E-state index >= 15 is 0 Å². The molecule has 16 heavy (non-hydrogen) atoms. The van der Waals surface area contributed by atoms with Gasteiger partial charge in [0, 0.05) is 12.2 Å². The first-order valence-electron chi connectivity index (χ1n) is 6.32. The zero-order valence-electron chi connectivity index (χ0n) is 10.8. The summed E-state index contributed by atoms with van der Waals surface area (Å²) in [5.74, 6) is 0.892. The number of rotatable bonds is 4. The summed E-state index contributed by atoms with van der Waals surface area (Å²) in [6.07, 6.45) is 8.03. The summed E-state index contributed by atoms with van der Waals surface area (Å²) in [5.41, 5.74) is 1.23. The average Bonchev–Trinajstić information content (AvgIpc) is 2.92. The van der Waals surface area contributed by atoms with Gasteiger partial charge in [0.25, 0.3) is 0 Å². The summed E-state index contributed by atoms with van der Waals surface area (Å²) < 4.78 is 2.02. The van der Waals surface area contributed by atoms with Crippen molar-refractivity contribution in [3.8, 4) is 0 Å².